The summed E-state index contributed by atoms with van der Waals surface area (Å²) in [4.78, 5) is 9.61. The fourth-order valence-corrected chi connectivity index (χ4v) is 2.97. The Morgan fingerprint density at radius 3 is 2.79 bits per heavy atom. The van der Waals surface area contributed by atoms with Crippen LogP contribution in [0, 0.1) is 0 Å². The van der Waals surface area contributed by atoms with Gasteiger partial charge in [-0.1, -0.05) is 29.4 Å². The van der Waals surface area contributed by atoms with Gasteiger partial charge in [0.2, 0.25) is 0 Å². The van der Waals surface area contributed by atoms with E-state index in [1.807, 2.05) is 42.5 Å². The zero-order chi connectivity index (χ0) is 13.2. The fraction of sp³-hybridized carbons (Fsp3) is 0. The van der Waals surface area contributed by atoms with E-state index in [1.165, 1.54) is 0 Å². The lowest BCUT2D eigenvalue weighted by Crippen LogP contribution is -1.89. The average Bonchev–Trinajstić information content (AvgIpc) is 2.38. The lowest BCUT2D eigenvalue weighted by Gasteiger charge is -2.05. The third-order valence-corrected chi connectivity index (χ3v) is 3.88. The molecule has 0 bridgehead atoms. The van der Waals surface area contributed by atoms with Gasteiger partial charge in [0.25, 0.3) is 0 Å². The second kappa shape index (κ2) is 5.07. The molecular weight excluding hydrogens is 278 g/mol. The first-order chi connectivity index (χ1) is 9.22. The van der Waals surface area contributed by atoms with Crippen molar-refractivity contribution in [3.8, 4) is 0 Å². The van der Waals surface area contributed by atoms with Crippen LogP contribution in [0.15, 0.2) is 58.7 Å². The topological polar surface area (TPSA) is 51.8 Å². The predicted octanol–water partition coefficient (Wildman–Crippen LogP) is 4.02. The van der Waals surface area contributed by atoms with Gasteiger partial charge in [-0.2, -0.15) is 0 Å². The van der Waals surface area contributed by atoms with Gasteiger partial charge in [-0.05, 0) is 36.4 Å². The Bertz CT molecular complexity index is 746. The highest BCUT2D eigenvalue weighted by atomic mass is 35.5. The van der Waals surface area contributed by atoms with E-state index in [1.54, 1.807) is 18.1 Å². The molecule has 0 amide bonds. The monoisotopic (exact) mass is 287 g/mol. The molecule has 2 aromatic carbocycles. The third kappa shape index (κ3) is 2.64. The summed E-state index contributed by atoms with van der Waals surface area (Å²) in [6.45, 7) is 0. The van der Waals surface area contributed by atoms with Gasteiger partial charge >= 0.3 is 0 Å². The summed E-state index contributed by atoms with van der Waals surface area (Å²) < 4.78 is 0. The van der Waals surface area contributed by atoms with Gasteiger partial charge in [0.1, 0.15) is 11.4 Å². The number of anilines is 1. The van der Waals surface area contributed by atoms with Crippen molar-refractivity contribution < 1.29 is 0 Å². The SMILES string of the molecule is Nc1ccc2c(Sc3cccc(Cl)c3)ncnc2c1. The lowest BCUT2D eigenvalue weighted by atomic mass is 10.2. The van der Waals surface area contributed by atoms with E-state index in [2.05, 4.69) is 9.97 Å². The van der Waals surface area contributed by atoms with Crippen molar-refractivity contribution in [3.05, 3.63) is 53.8 Å². The zero-order valence-corrected chi connectivity index (χ0v) is 11.4. The molecule has 0 fully saturated rings. The number of halogens is 1. The molecular formula is C14H10ClN3S. The van der Waals surface area contributed by atoms with E-state index >= 15 is 0 Å². The van der Waals surface area contributed by atoms with Crippen LogP contribution in [0.3, 0.4) is 0 Å². The summed E-state index contributed by atoms with van der Waals surface area (Å²) in [5.41, 5.74) is 7.31. The lowest BCUT2D eigenvalue weighted by molar-refractivity contribution is 1.10. The van der Waals surface area contributed by atoms with Crippen LogP contribution in [0.1, 0.15) is 0 Å². The minimum Gasteiger partial charge on any atom is -0.399 e. The number of hydrogen-bond acceptors (Lipinski definition) is 4. The van der Waals surface area contributed by atoms with Gasteiger partial charge in [0.05, 0.1) is 5.52 Å². The number of nitrogen functional groups attached to an aromatic ring is 1. The number of nitrogens with two attached hydrogens (primary N) is 1. The molecule has 19 heavy (non-hydrogen) atoms. The Morgan fingerprint density at radius 2 is 1.95 bits per heavy atom. The van der Waals surface area contributed by atoms with E-state index in [4.69, 9.17) is 17.3 Å². The Hall–Kier alpha value is -1.78. The molecule has 0 radical (unpaired) electrons. The standard InChI is InChI=1S/C14H10ClN3S/c15-9-2-1-3-11(6-9)19-14-12-5-4-10(16)7-13(12)17-8-18-14/h1-8H,16H2. The Kier molecular flexibility index (Phi) is 3.27. The molecule has 5 heteroatoms. The summed E-state index contributed by atoms with van der Waals surface area (Å²) in [7, 11) is 0. The molecule has 0 aliphatic carbocycles. The highest BCUT2D eigenvalue weighted by Crippen LogP contribution is 2.32. The van der Waals surface area contributed by atoms with E-state index in [9.17, 15) is 0 Å². The maximum atomic E-state index is 5.99. The van der Waals surface area contributed by atoms with Crippen LogP contribution in [-0.4, -0.2) is 9.97 Å². The maximum Gasteiger partial charge on any atom is 0.117 e. The van der Waals surface area contributed by atoms with Crippen LogP contribution in [-0.2, 0) is 0 Å². The van der Waals surface area contributed by atoms with E-state index in [0.29, 0.717) is 10.7 Å². The second-order valence-corrected chi connectivity index (χ2v) is 5.51. The number of nitrogens with zero attached hydrogens (tertiary/aromatic N) is 2. The van der Waals surface area contributed by atoms with Crippen LogP contribution < -0.4 is 5.73 Å². The highest BCUT2D eigenvalue weighted by molar-refractivity contribution is 7.99. The van der Waals surface area contributed by atoms with Crippen LogP contribution in [0.25, 0.3) is 10.9 Å². The molecule has 1 heterocycles. The van der Waals surface area contributed by atoms with E-state index in [-0.39, 0.29) is 0 Å². The summed E-state index contributed by atoms with van der Waals surface area (Å²) >= 11 is 7.55. The van der Waals surface area contributed by atoms with Gasteiger partial charge in [-0.15, -0.1) is 0 Å². The van der Waals surface area contributed by atoms with Crippen molar-refractivity contribution in [2.45, 2.75) is 9.92 Å². The molecule has 3 rings (SSSR count). The largest absolute Gasteiger partial charge is 0.399 e. The molecule has 0 aliphatic heterocycles. The summed E-state index contributed by atoms with van der Waals surface area (Å²) in [5, 5.41) is 2.60. The predicted molar refractivity (Wildman–Crippen MR) is 79.5 cm³/mol. The number of rotatable bonds is 2. The molecule has 0 unspecified atom stereocenters. The van der Waals surface area contributed by atoms with Crippen molar-refractivity contribution in [2.75, 3.05) is 5.73 Å². The van der Waals surface area contributed by atoms with Crippen molar-refractivity contribution in [1.82, 2.24) is 9.97 Å². The Labute approximate surface area is 119 Å². The van der Waals surface area contributed by atoms with Crippen LogP contribution in [0.5, 0.6) is 0 Å². The number of benzene rings is 2. The molecule has 1 aromatic heterocycles. The normalized spacial score (nSPS) is 10.8. The van der Waals surface area contributed by atoms with Crippen LogP contribution in [0.4, 0.5) is 5.69 Å². The molecule has 2 N–H and O–H groups in total. The average molecular weight is 288 g/mol. The minimum atomic E-state index is 0.699. The smallest absolute Gasteiger partial charge is 0.117 e. The number of hydrogen-bond donors (Lipinski definition) is 1. The first kappa shape index (κ1) is 12.3. The molecule has 0 atom stereocenters. The van der Waals surface area contributed by atoms with Crippen molar-refractivity contribution in [1.29, 1.82) is 0 Å². The van der Waals surface area contributed by atoms with Gasteiger partial charge in [0, 0.05) is 21.0 Å². The van der Waals surface area contributed by atoms with Crippen molar-refractivity contribution in [2.24, 2.45) is 0 Å². The summed E-state index contributed by atoms with van der Waals surface area (Å²) in [6.07, 6.45) is 1.55. The first-order valence-electron chi connectivity index (χ1n) is 5.66. The van der Waals surface area contributed by atoms with Gasteiger partial charge in [-0.25, -0.2) is 9.97 Å². The molecule has 3 nitrogen and oxygen atoms in total. The van der Waals surface area contributed by atoms with Crippen LogP contribution in [0.2, 0.25) is 5.02 Å². The van der Waals surface area contributed by atoms with Crippen molar-refractivity contribution >= 4 is 40.0 Å². The molecule has 94 valence electrons. The Balaban J connectivity index is 2.06. The molecule has 3 aromatic rings. The van der Waals surface area contributed by atoms with Gasteiger partial charge in [-0.3, -0.25) is 0 Å². The third-order valence-electron chi connectivity index (χ3n) is 2.63. The number of aromatic nitrogens is 2. The molecule has 0 aliphatic rings. The summed E-state index contributed by atoms with van der Waals surface area (Å²) in [5.74, 6) is 0. The first-order valence-corrected chi connectivity index (χ1v) is 6.85. The zero-order valence-electron chi connectivity index (χ0n) is 9.88. The van der Waals surface area contributed by atoms with Gasteiger partial charge in [0.15, 0.2) is 0 Å². The number of fused-ring (bicyclic) bond motifs is 1. The molecule has 0 saturated carbocycles. The van der Waals surface area contributed by atoms with E-state index < -0.39 is 0 Å². The Morgan fingerprint density at radius 1 is 1.05 bits per heavy atom. The summed E-state index contributed by atoms with van der Waals surface area (Å²) in [6, 6.07) is 13.3. The van der Waals surface area contributed by atoms with Crippen molar-refractivity contribution in [3.63, 3.8) is 0 Å². The molecule has 0 saturated heterocycles. The fourth-order valence-electron chi connectivity index (χ4n) is 1.77. The quantitative estimate of drug-likeness (QED) is 0.571. The van der Waals surface area contributed by atoms with E-state index in [0.717, 1.165) is 20.8 Å². The second-order valence-electron chi connectivity index (χ2n) is 4.01. The highest BCUT2D eigenvalue weighted by Gasteiger charge is 2.06. The van der Waals surface area contributed by atoms with Crippen LogP contribution >= 0.6 is 23.4 Å². The van der Waals surface area contributed by atoms with Gasteiger partial charge < -0.3 is 5.73 Å². The molecule has 0 spiro atoms. The minimum absolute atomic E-state index is 0.699. The maximum absolute atomic E-state index is 5.99.